The molecule has 0 atom stereocenters. The minimum absolute atomic E-state index is 0.0434. The maximum absolute atomic E-state index is 12.2. The number of nitrogens with one attached hydrogen (secondary N) is 2. The lowest BCUT2D eigenvalue weighted by molar-refractivity contribution is 0.600. The molecule has 0 aliphatic carbocycles. The fourth-order valence-electron chi connectivity index (χ4n) is 2.45. The summed E-state index contributed by atoms with van der Waals surface area (Å²) in [5.74, 6) is 0.0434. The summed E-state index contributed by atoms with van der Waals surface area (Å²) in [5.41, 5.74) is 3.31. The summed E-state index contributed by atoms with van der Waals surface area (Å²) in [6.07, 6.45) is 0.479. The normalized spacial score (nSPS) is 11.1. The summed E-state index contributed by atoms with van der Waals surface area (Å²) < 4.78 is 27.1. The molecule has 4 nitrogen and oxygen atoms in total. The molecule has 134 valence electrons. The highest BCUT2D eigenvalue weighted by molar-refractivity contribution is 7.92. The van der Waals surface area contributed by atoms with Crippen molar-refractivity contribution in [2.24, 2.45) is 0 Å². The molecule has 0 saturated carbocycles. The average molecular weight is 387 g/mol. The van der Waals surface area contributed by atoms with Crippen molar-refractivity contribution in [2.45, 2.75) is 6.42 Å². The lowest BCUT2D eigenvalue weighted by atomic mass is 10.2. The Kier molecular flexibility index (Phi) is 5.81. The van der Waals surface area contributed by atoms with Gasteiger partial charge < -0.3 is 5.32 Å². The SMILES string of the molecule is O=S(=O)(CCc1ccccc1)Nc1ccc(Nc2ccc(Cl)cc2)cc1. The predicted octanol–water partition coefficient (Wildman–Crippen LogP) is 5.07. The van der Waals surface area contributed by atoms with Crippen LogP contribution in [0.15, 0.2) is 78.9 Å². The molecular formula is C20H19ClN2O2S. The standard InChI is InChI=1S/C20H19ClN2O2S/c21-17-6-8-18(9-7-17)22-19-10-12-20(13-11-19)23-26(24,25)15-14-16-4-2-1-3-5-16/h1-13,22-23H,14-15H2. The van der Waals surface area contributed by atoms with Gasteiger partial charge in [-0.05, 0) is 60.5 Å². The summed E-state index contributed by atoms with van der Waals surface area (Å²) >= 11 is 5.87. The van der Waals surface area contributed by atoms with Crippen molar-refractivity contribution in [1.82, 2.24) is 0 Å². The molecule has 0 radical (unpaired) electrons. The summed E-state index contributed by atoms with van der Waals surface area (Å²) in [5, 5.41) is 3.91. The molecule has 0 aliphatic heterocycles. The molecule has 2 N–H and O–H groups in total. The first-order valence-corrected chi connectivity index (χ1v) is 10.2. The highest BCUT2D eigenvalue weighted by atomic mass is 35.5. The van der Waals surface area contributed by atoms with Gasteiger partial charge in [-0.1, -0.05) is 41.9 Å². The lowest BCUT2D eigenvalue weighted by Crippen LogP contribution is -2.18. The van der Waals surface area contributed by atoms with E-state index in [0.29, 0.717) is 17.1 Å². The molecular weight excluding hydrogens is 368 g/mol. The fourth-order valence-corrected chi connectivity index (χ4v) is 3.68. The van der Waals surface area contributed by atoms with Gasteiger partial charge >= 0.3 is 0 Å². The van der Waals surface area contributed by atoms with E-state index < -0.39 is 10.0 Å². The Morgan fingerprint density at radius 2 is 1.27 bits per heavy atom. The number of benzene rings is 3. The zero-order chi connectivity index (χ0) is 18.4. The Morgan fingerprint density at radius 3 is 1.88 bits per heavy atom. The zero-order valence-electron chi connectivity index (χ0n) is 14.0. The monoisotopic (exact) mass is 386 g/mol. The Balaban J connectivity index is 1.58. The second-order valence-electron chi connectivity index (χ2n) is 5.87. The fraction of sp³-hybridized carbons (Fsp3) is 0.100. The largest absolute Gasteiger partial charge is 0.356 e. The van der Waals surface area contributed by atoms with Crippen molar-refractivity contribution >= 4 is 38.7 Å². The van der Waals surface area contributed by atoms with E-state index in [1.807, 2.05) is 54.6 Å². The van der Waals surface area contributed by atoms with E-state index in [2.05, 4.69) is 10.0 Å². The van der Waals surface area contributed by atoms with Gasteiger partial charge in [0.2, 0.25) is 10.0 Å². The van der Waals surface area contributed by atoms with Gasteiger partial charge in [0.05, 0.1) is 5.75 Å². The van der Waals surface area contributed by atoms with E-state index in [-0.39, 0.29) is 5.75 Å². The van der Waals surface area contributed by atoms with Crippen LogP contribution in [0.3, 0.4) is 0 Å². The molecule has 0 spiro atoms. The van der Waals surface area contributed by atoms with Crippen molar-refractivity contribution in [3.8, 4) is 0 Å². The maximum atomic E-state index is 12.2. The van der Waals surface area contributed by atoms with Crippen LogP contribution in [-0.2, 0) is 16.4 Å². The van der Waals surface area contributed by atoms with E-state index in [4.69, 9.17) is 11.6 Å². The molecule has 3 rings (SSSR count). The van der Waals surface area contributed by atoms with E-state index >= 15 is 0 Å². The third kappa shape index (κ3) is 5.51. The Hall–Kier alpha value is -2.50. The third-order valence-electron chi connectivity index (χ3n) is 3.79. The van der Waals surface area contributed by atoms with Crippen LogP contribution in [0, 0.1) is 0 Å². The van der Waals surface area contributed by atoms with Crippen molar-refractivity contribution in [2.75, 3.05) is 15.8 Å². The number of sulfonamides is 1. The van der Waals surface area contributed by atoms with Gasteiger partial charge in [0.15, 0.2) is 0 Å². The van der Waals surface area contributed by atoms with Crippen LogP contribution >= 0.6 is 11.6 Å². The first-order chi connectivity index (χ1) is 12.5. The molecule has 6 heteroatoms. The summed E-state index contributed by atoms with van der Waals surface area (Å²) in [7, 11) is -3.39. The second kappa shape index (κ2) is 8.25. The highest BCUT2D eigenvalue weighted by Gasteiger charge is 2.10. The zero-order valence-corrected chi connectivity index (χ0v) is 15.6. The molecule has 0 fully saturated rings. The van der Waals surface area contributed by atoms with Crippen molar-refractivity contribution in [3.05, 3.63) is 89.4 Å². The van der Waals surface area contributed by atoms with Gasteiger partial charge in [-0.3, -0.25) is 4.72 Å². The van der Waals surface area contributed by atoms with E-state index in [1.54, 1.807) is 24.3 Å². The first-order valence-electron chi connectivity index (χ1n) is 8.17. The van der Waals surface area contributed by atoms with Gasteiger partial charge in [-0.15, -0.1) is 0 Å². The minimum Gasteiger partial charge on any atom is -0.356 e. The molecule has 0 saturated heterocycles. The van der Waals surface area contributed by atoms with Crippen LogP contribution in [-0.4, -0.2) is 14.2 Å². The number of hydrogen-bond acceptors (Lipinski definition) is 3. The molecule has 3 aromatic carbocycles. The van der Waals surface area contributed by atoms with E-state index in [9.17, 15) is 8.42 Å². The number of anilines is 3. The van der Waals surface area contributed by atoms with Gasteiger partial charge in [0, 0.05) is 22.1 Å². The molecule has 0 amide bonds. The van der Waals surface area contributed by atoms with Crippen molar-refractivity contribution in [1.29, 1.82) is 0 Å². The molecule has 0 bridgehead atoms. The first kappa shape index (κ1) is 18.3. The number of hydrogen-bond donors (Lipinski definition) is 2. The quantitative estimate of drug-likeness (QED) is 0.596. The topological polar surface area (TPSA) is 58.2 Å². The van der Waals surface area contributed by atoms with E-state index in [0.717, 1.165) is 16.9 Å². The molecule has 26 heavy (non-hydrogen) atoms. The molecule has 3 aromatic rings. The lowest BCUT2D eigenvalue weighted by Gasteiger charge is -2.10. The van der Waals surface area contributed by atoms with Crippen LogP contribution in [0.25, 0.3) is 0 Å². The average Bonchev–Trinajstić information content (AvgIpc) is 2.64. The Morgan fingerprint density at radius 1 is 0.731 bits per heavy atom. The van der Waals surface area contributed by atoms with Crippen molar-refractivity contribution in [3.63, 3.8) is 0 Å². The summed E-state index contributed by atoms with van der Waals surface area (Å²) in [6.45, 7) is 0. The van der Waals surface area contributed by atoms with Crippen LogP contribution < -0.4 is 10.0 Å². The summed E-state index contributed by atoms with van der Waals surface area (Å²) in [6, 6.07) is 24.0. The molecule has 0 aromatic heterocycles. The number of halogens is 1. The number of rotatable bonds is 7. The van der Waals surface area contributed by atoms with Crippen LogP contribution in [0.5, 0.6) is 0 Å². The Labute approximate surface area is 158 Å². The smallest absolute Gasteiger partial charge is 0.233 e. The molecule has 0 aliphatic rings. The van der Waals surface area contributed by atoms with Gasteiger partial charge in [-0.25, -0.2) is 8.42 Å². The highest BCUT2D eigenvalue weighted by Crippen LogP contribution is 2.21. The molecule has 0 unspecified atom stereocenters. The Bertz CT molecular complexity index is 941. The van der Waals surface area contributed by atoms with Crippen LogP contribution in [0.2, 0.25) is 5.02 Å². The second-order valence-corrected chi connectivity index (χ2v) is 8.14. The van der Waals surface area contributed by atoms with Gasteiger partial charge in [0.25, 0.3) is 0 Å². The van der Waals surface area contributed by atoms with Crippen molar-refractivity contribution < 1.29 is 8.42 Å². The third-order valence-corrected chi connectivity index (χ3v) is 5.33. The minimum atomic E-state index is -3.39. The predicted molar refractivity (Wildman–Crippen MR) is 109 cm³/mol. The summed E-state index contributed by atoms with van der Waals surface area (Å²) in [4.78, 5) is 0. The van der Waals surface area contributed by atoms with Crippen LogP contribution in [0.4, 0.5) is 17.1 Å². The van der Waals surface area contributed by atoms with E-state index in [1.165, 1.54) is 0 Å². The number of aryl methyl sites for hydroxylation is 1. The van der Waals surface area contributed by atoms with Gasteiger partial charge in [0.1, 0.15) is 0 Å². The van der Waals surface area contributed by atoms with Gasteiger partial charge in [-0.2, -0.15) is 0 Å². The van der Waals surface area contributed by atoms with Crippen LogP contribution in [0.1, 0.15) is 5.56 Å². The molecule has 0 heterocycles. The maximum Gasteiger partial charge on any atom is 0.233 e.